The van der Waals surface area contributed by atoms with Crippen LogP contribution in [0.5, 0.6) is 0 Å². The Morgan fingerprint density at radius 3 is 2.33 bits per heavy atom. The average molecular weight is 407 g/mol. The van der Waals surface area contributed by atoms with Crippen LogP contribution in [0.3, 0.4) is 0 Å². The first kappa shape index (κ1) is 18.5. The maximum Gasteiger partial charge on any atom is 0.240 e. The van der Waals surface area contributed by atoms with Crippen molar-refractivity contribution in [2.45, 2.75) is 42.4 Å². The van der Waals surface area contributed by atoms with E-state index in [9.17, 15) is 16.8 Å². The van der Waals surface area contributed by atoms with Gasteiger partial charge in [-0.3, -0.25) is 4.31 Å². The molecule has 1 aliphatic heterocycles. The standard InChI is InChI=1S/C19H22N2O4S2/c1-14-6-8-17(9-7-14)26(22,23)20-13-16-12-15-4-2-3-5-19(15)21(16)27(24,25)18-10-11-18/h2-9,16,18,20H,10-13H2,1H3/t16-/m0/s1. The highest BCUT2D eigenvalue weighted by molar-refractivity contribution is 7.93. The van der Waals surface area contributed by atoms with Gasteiger partial charge in [0, 0.05) is 6.54 Å². The Balaban J connectivity index is 1.58. The number of fused-ring (bicyclic) bond motifs is 1. The largest absolute Gasteiger partial charge is 0.265 e. The molecule has 2 aromatic carbocycles. The first-order valence-electron chi connectivity index (χ1n) is 8.96. The lowest BCUT2D eigenvalue weighted by Crippen LogP contribution is -2.46. The van der Waals surface area contributed by atoms with Gasteiger partial charge in [-0.1, -0.05) is 35.9 Å². The normalized spacial score (nSPS) is 19.9. The zero-order valence-corrected chi connectivity index (χ0v) is 16.6. The van der Waals surface area contributed by atoms with Gasteiger partial charge in [-0.2, -0.15) is 0 Å². The van der Waals surface area contributed by atoms with Gasteiger partial charge < -0.3 is 0 Å². The Morgan fingerprint density at radius 1 is 1.00 bits per heavy atom. The minimum Gasteiger partial charge on any atom is -0.265 e. The van der Waals surface area contributed by atoms with Crippen LogP contribution in [-0.2, 0) is 26.5 Å². The Morgan fingerprint density at radius 2 is 1.67 bits per heavy atom. The van der Waals surface area contributed by atoms with E-state index in [1.54, 1.807) is 30.3 Å². The number of rotatable bonds is 6. The van der Waals surface area contributed by atoms with Crippen LogP contribution in [0.2, 0.25) is 0 Å². The van der Waals surface area contributed by atoms with Gasteiger partial charge in [-0.15, -0.1) is 0 Å². The van der Waals surface area contributed by atoms with Gasteiger partial charge in [0.15, 0.2) is 0 Å². The van der Waals surface area contributed by atoms with Crippen molar-refractivity contribution in [1.82, 2.24) is 4.72 Å². The van der Waals surface area contributed by atoms with Gasteiger partial charge in [0.05, 0.1) is 21.9 Å². The summed E-state index contributed by atoms with van der Waals surface area (Å²) in [5.41, 5.74) is 2.58. The van der Waals surface area contributed by atoms with E-state index in [4.69, 9.17) is 0 Å². The highest BCUT2D eigenvalue weighted by Crippen LogP contribution is 2.40. The molecule has 8 heteroatoms. The van der Waals surface area contributed by atoms with Crippen LogP contribution in [0.25, 0.3) is 0 Å². The summed E-state index contributed by atoms with van der Waals surface area (Å²) in [6, 6.07) is 13.5. The van der Waals surface area contributed by atoms with Gasteiger partial charge >= 0.3 is 0 Å². The summed E-state index contributed by atoms with van der Waals surface area (Å²) in [6.07, 6.45) is 1.84. The van der Waals surface area contributed by atoms with Crippen LogP contribution >= 0.6 is 0 Å². The van der Waals surface area contributed by atoms with E-state index in [2.05, 4.69) is 4.72 Å². The van der Waals surface area contributed by atoms with Crippen molar-refractivity contribution >= 4 is 25.7 Å². The molecular weight excluding hydrogens is 384 g/mol. The maximum atomic E-state index is 12.9. The summed E-state index contributed by atoms with van der Waals surface area (Å²) in [4.78, 5) is 0.181. The van der Waals surface area contributed by atoms with E-state index in [1.165, 1.54) is 4.31 Å². The number of hydrogen-bond donors (Lipinski definition) is 1. The topological polar surface area (TPSA) is 83.6 Å². The second-order valence-corrected chi connectivity index (χ2v) is 11.0. The number of nitrogens with one attached hydrogen (secondary N) is 1. The van der Waals surface area contributed by atoms with Crippen LogP contribution in [0, 0.1) is 6.92 Å². The van der Waals surface area contributed by atoms with Crippen LogP contribution < -0.4 is 9.03 Å². The van der Waals surface area contributed by atoms with Crippen molar-refractivity contribution in [2.75, 3.05) is 10.8 Å². The summed E-state index contributed by atoms with van der Waals surface area (Å²) >= 11 is 0. The van der Waals surface area contributed by atoms with Gasteiger partial charge in [0.2, 0.25) is 20.0 Å². The summed E-state index contributed by atoms with van der Waals surface area (Å²) < 4.78 is 55.1. The lowest BCUT2D eigenvalue weighted by Gasteiger charge is -2.27. The molecule has 0 radical (unpaired) electrons. The number of anilines is 1. The molecule has 1 fully saturated rings. The van der Waals surface area contributed by atoms with Crippen LogP contribution in [0.1, 0.15) is 24.0 Å². The lowest BCUT2D eigenvalue weighted by molar-refractivity contribution is 0.558. The third-order valence-electron chi connectivity index (χ3n) is 5.08. The Bertz CT molecular complexity index is 1060. The van der Waals surface area contributed by atoms with E-state index < -0.39 is 26.1 Å². The SMILES string of the molecule is Cc1ccc(S(=O)(=O)NC[C@@H]2Cc3ccccc3N2S(=O)(=O)C2CC2)cc1. The molecule has 6 nitrogen and oxygen atoms in total. The number of sulfonamides is 2. The minimum absolute atomic E-state index is 0.0385. The summed E-state index contributed by atoms with van der Waals surface area (Å²) in [7, 11) is -7.16. The zero-order chi connectivity index (χ0) is 19.2. The van der Waals surface area contributed by atoms with Crippen molar-refractivity contribution in [1.29, 1.82) is 0 Å². The molecule has 2 aromatic rings. The summed E-state index contributed by atoms with van der Waals surface area (Å²) in [6.45, 7) is 1.93. The number of hydrogen-bond acceptors (Lipinski definition) is 4. The summed E-state index contributed by atoms with van der Waals surface area (Å²) in [5, 5.41) is -0.347. The molecular formula is C19H22N2O4S2. The molecule has 2 aliphatic rings. The van der Waals surface area contributed by atoms with E-state index in [0.717, 1.165) is 11.1 Å². The second-order valence-electron chi connectivity index (χ2n) is 7.19. The van der Waals surface area contributed by atoms with Crippen LogP contribution in [0.4, 0.5) is 5.69 Å². The molecule has 1 atom stereocenters. The molecule has 0 amide bonds. The Labute approximate surface area is 160 Å². The van der Waals surface area contributed by atoms with Crippen LogP contribution in [-0.4, -0.2) is 34.7 Å². The molecule has 0 aromatic heterocycles. The predicted octanol–water partition coefficient (Wildman–Crippen LogP) is 2.20. The highest BCUT2D eigenvalue weighted by Gasteiger charge is 2.46. The predicted molar refractivity (Wildman–Crippen MR) is 105 cm³/mol. The molecule has 27 heavy (non-hydrogen) atoms. The van der Waals surface area contributed by atoms with Crippen molar-refractivity contribution in [2.24, 2.45) is 0 Å². The smallest absolute Gasteiger partial charge is 0.240 e. The fourth-order valence-electron chi connectivity index (χ4n) is 3.47. The third-order valence-corrected chi connectivity index (χ3v) is 8.87. The molecule has 0 unspecified atom stereocenters. The van der Waals surface area contributed by atoms with Gasteiger partial charge in [-0.05, 0) is 49.9 Å². The summed E-state index contributed by atoms with van der Waals surface area (Å²) in [5.74, 6) is 0. The molecule has 0 spiro atoms. The van der Waals surface area contributed by atoms with Gasteiger partial charge in [-0.25, -0.2) is 21.6 Å². The molecule has 144 valence electrons. The molecule has 4 rings (SSSR count). The van der Waals surface area contributed by atoms with E-state index >= 15 is 0 Å². The van der Waals surface area contributed by atoms with Crippen molar-refractivity contribution in [3.05, 3.63) is 59.7 Å². The van der Waals surface area contributed by atoms with Crippen molar-refractivity contribution in [3.8, 4) is 0 Å². The molecule has 1 saturated carbocycles. The van der Waals surface area contributed by atoms with E-state index in [-0.39, 0.29) is 16.7 Å². The Kier molecular flexibility index (Phi) is 4.52. The first-order valence-corrected chi connectivity index (χ1v) is 12.0. The number of aryl methyl sites for hydroxylation is 1. The van der Waals surface area contributed by atoms with Crippen molar-refractivity contribution < 1.29 is 16.8 Å². The first-order chi connectivity index (χ1) is 12.8. The Hall–Kier alpha value is -1.90. The zero-order valence-electron chi connectivity index (χ0n) is 15.0. The quantitative estimate of drug-likeness (QED) is 0.797. The monoisotopic (exact) mass is 406 g/mol. The van der Waals surface area contributed by atoms with E-state index in [1.807, 2.05) is 25.1 Å². The lowest BCUT2D eigenvalue weighted by atomic mass is 10.1. The van der Waals surface area contributed by atoms with Gasteiger partial charge in [0.25, 0.3) is 0 Å². The molecule has 1 N–H and O–H groups in total. The highest BCUT2D eigenvalue weighted by atomic mass is 32.2. The van der Waals surface area contributed by atoms with Gasteiger partial charge in [0.1, 0.15) is 0 Å². The van der Waals surface area contributed by atoms with Crippen LogP contribution in [0.15, 0.2) is 53.4 Å². The maximum absolute atomic E-state index is 12.9. The molecule has 0 bridgehead atoms. The fraction of sp³-hybridized carbons (Fsp3) is 0.368. The number of benzene rings is 2. The number of nitrogens with zero attached hydrogens (tertiary/aromatic N) is 1. The second kappa shape index (κ2) is 6.61. The van der Waals surface area contributed by atoms with Crippen molar-refractivity contribution in [3.63, 3.8) is 0 Å². The third kappa shape index (κ3) is 3.49. The molecule has 1 aliphatic carbocycles. The number of para-hydroxylation sites is 1. The minimum atomic E-state index is -3.70. The van der Waals surface area contributed by atoms with E-state index in [0.29, 0.717) is 24.9 Å². The molecule has 1 heterocycles. The molecule has 0 saturated heterocycles. The average Bonchev–Trinajstić information content (AvgIpc) is 3.42. The fourth-order valence-corrected chi connectivity index (χ4v) is 6.61.